The number of amides is 4. The average molecular weight is 814 g/mol. The van der Waals surface area contributed by atoms with Crippen LogP contribution in [0.5, 0.6) is 0 Å². The number of hydrazine groups is 1. The molecule has 0 aliphatic heterocycles. The van der Waals surface area contributed by atoms with E-state index in [2.05, 4.69) is 36.8 Å². The van der Waals surface area contributed by atoms with Gasteiger partial charge in [0.25, 0.3) is 5.91 Å². The van der Waals surface area contributed by atoms with E-state index in [4.69, 9.17) is 9.47 Å². The van der Waals surface area contributed by atoms with E-state index in [1.165, 1.54) is 14.2 Å². The number of tetrazole rings is 1. The Morgan fingerprint density at radius 2 is 1.39 bits per heavy atom. The molecule has 0 saturated heterocycles. The number of nitrogens with zero attached hydrogens (tertiary/aromatic N) is 5. The molecular formula is C43H59N9O7. The molecule has 4 rings (SSSR count). The highest BCUT2D eigenvalue weighted by Crippen LogP contribution is 2.25. The molecule has 3 aromatic carbocycles. The zero-order valence-corrected chi connectivity index (χ0v) is 35.4. The first-order valence-corrected chi connectivity index (χ1v) is 19.7. The Bertz CT molecular complexity index is 1970. The molecule has 0 fully saturated rings. The number of carbonyl (C=O) groups is 4. The number of rotatable bonds is 18. The van der Waals surface area contributed by atoms with Gasteiger partial charge in [-0.3, -0.25) is 15.0 Å². The lowest BCUT2D eigenvalue weighted by molar-refractivity contribution is -0.132. The van der Waals surface area contributed by atoms with Crippen molar-refractivity contribution >= 4 is 24.0 Å². The maximum Gasteiger partial charge on any atom is 0.407 e. The predicted octanol–water partition coefficient (Wildman–Crippen LogP) is 4.59. The highest BCUT2D eigenvalue weighted by molar-refractivity contribution is 5.86. The van der Waals surface area contributed by atoms with E-state index < -0.39 is 59.2 Å². The van der Waals surface area contributed by atoms with E-state index in [1.807, 2.05) is 113 Å². The molecular weight excluding hydrogens is 755 g/mol. The number of hydrogen-bond donors (Lipinski definition) is 5. The summed E-state index contributed by atoms with van der Waals surface area (Å²) in [7, 11) is 2.44. The number of ether oxygens (including phenoxy) is 2. The largest absolute Gasteiger partial charge is 0.453 e. The topological polar surface area (TPSA) is 202 Å². The van der Waals surface area contributed by atoms with Crippen molar-refractivity contribution < 1.29 is 33.8 Å². The van der Waals surface area contributed by atoms with Gasteiger partial charge in [0, 0.05) is 18.7 Å². The summed E-state index contributed by atoms with van der Waals surface area (Å²) in [5, 5.41) is 35.1. The number of aliphatic hydroxyl groups is 1. The normalized spacial score (nSPS) is 14.3. The van der Waals surface area contributed by atoms with Gasteiger partial charge in [-0.15, -0.1) is 10.2 Å². The number of benzene rings is 3. The van der Waals surface area contributed by atoms with Gasteiger partial charge in [0.2, 0.25) is 11.7 Å². The number of carbonyl (C=O) groups excluding carboxylic acids is 4. The maximum atomic E-state index is 14.0. The highest BCUT2D eigenvalue weighted by atomic mass is 16.5. The zero-order chi connectivity index (χ0) is 43.3. The Morgan fingerprint density at radius 1 is 0.797 bits per heavy atom. The molecule has 0 radical (unpaired) electrons. The molecule has 318 valence electrons. The lowest BCUT2D eigenvalue weighted by atomic mass is 9.86. The number of aliphatic hydroxyl groups excluding tert-OH is 1. The smallest absolute Gasteiger partial charge is 0.407 e. The average Bonchev–Trinajstić information content (AvgIpc) is 3.73. The zero-order valence-electron chi connectivity index (χ0n) is 35.4. The SMILES string of the molecule is CC[C@H](C)[C@H](NC(=O)OC)C(=O)N[C@@H](Cc1ccccc1)[C@@H](O)CN(Cc1ccc(-c2nnn(C(C)(C)c3ccccc3)n2)cc1)NC(=O)[C@@H](NC(=O)OC)C(C)(C)C. The van der Waals surface area contributed by atoms with Crippen molar-refractivity contribution in [3.8, 4) is 11.4 Å². The molecule has 1 aromatic heterocycles. The van der Waals surface area contributed by atoms with Crippen molar-refractivity contribution in [2.24, 2.45) is 11.3 Å². The number of aromatic nitrogens is 4. The molecule has 0 aliphatic rings. The second-order valence-corrected chi connectivity index (χ2v) is 16.2. The van der Waals surface area contributed by atoms with Crippen LogP contribution in [0.4, 0.5) is 9.59 Å². The van der Waals surface area contributed by atoms with Gasteiger partial charge in [-0.2, -0.15) is 4.80 Å². The molecule has 4 amide bonds. The summed E-state index contributed by atoms with van der Waals surface area (Å²) in [5.41, 5.74) is 4.98. The Hall–Kier alpha value is -5.87. The minimum atomic E-state index is -1.25. The molecule has 5 atom stereocenters. The predicted molar refractivity (Wildman–Crippen MR) is 222 cm³/mol. The molecule has 4 aromatic rings. The van der Waals surface area contributed by atoms with Crippen LogP contribution in [-0.4, -0.2) is 99.3 Å². The van der Waals surface area contributed by atoms with Gasteiger partial charge in [0.15, 0.2) is 0 Å². The molecule has 0 unspecified atom stereocenters. The first kappa shape index (κ1) is 45.8. The van der Waals surface area contributed by atoms with E-state index in [0.717, 1.165) is 22.3 Å². The Balaban J connectivity index is 1.64. The van der Waals surface area contributed by atoms with Gasteiger partial charge in [0.1, 0.15) is 17.6 Å². The van der Waals surface area contributed by atoms with Crippen LogP contribution in [0.1, 0.15) is 71.6 Å². The summed E-state index contributed by atoms with van der Waals surface area (Å²) in [4.78, 5) is 53.9. The van der Waals surface area contributed by atoms with E-state index in [9.17, 15) is 24.3 Å². The third-order valence-electron chi connectivity index (χ3n) is 10.3. The van der Waals surface area contributed by atoms with Crippen molar-refractivity contribution in [1.29, 1.82) is 0 Å². The Labute approximate surface area is 346 Å². The van der Waals surface area contributed by atoms with Gasteiger partial charge >= 0.3 is 12.2 Å². The summed E-state index contributed by atoms with van der Waals surface area (Å²) >= 11 is 0. The molecule has 0 saturated carbocycles. The minimum absolute atomic E-state index is 0.116. The Morgan fingerprint density at radius 3 is 1.97 bits per heavy atom. The minimum Gasteiger partial charge on any atom is -0.453 e. The van der Waals surface area contributed by atoms with Crippen LogP contribution in [0.3, 0.4) is 0 Å². The third-order valence-corrected chi connectivity index (χ3v) is 10.3. The van der Waals surface area contributed by atoms with Crippen LogP contribution in [0, 0.1) is 11.3 Å². The third kappa shape index (κ3) is 12.8. The molecule has 0 spiro atoms. The summed E-state index contributed by atoms with van der Waals surface area (Å²) in [5.74, 6) is -0.867. The highest BCUT2D eigenvalue weighted by Gasteiger charge is 2.36. The van der Waals surface area contributed by atoms with Crippen molar-refractivity contribution in [3.05, 3.63) is 102 Å². The van der Waals surface area contributed by atoms with E-state index >= 15 is 0 Å². The quantitative estimate of drug-likeness (QED) is 0.0881. The fraction of sp³-hybridized carbons (Fsp3) is 0.465. The van der Waals surface area contributed by atoms with Crippen molar-refractivity contribution in [2.75, 3.05) is 20.8 Å². The van der Waals surface area contributed by atoms with E-state index in [0.29, 0.717) is 12.2 Å². The van der Waals surface area contributed by atoms with Gasteiger partial charge in [-0.05, 0) is 53.5 Å². The van der Waals surface area contributed by atoms with Crippen LogP contribution >= 0.6 is 0 Å². The summed E-state index contributed by atoms with van der Waals surface area (Å²) in [6, 6.07) is 23.8. The number of hydrogen-bond acceptors (Lipinski definition) is 11. The van der Waals surface area contributed by atoms with Crippen LogP contribution in [0.15, 0.2) is 84.9 Å². The van der Waals surface area contributed by atoms with Crippen molar-refractivity contribution in [2.45, 2.75) is 97.6 Å². The van der Waals surface area contributed by atoms with Gasteiger partial charge in [-0.25, -0.2) is 14.6 Å². The summed E-state index contributed by atoms with van der Waals surface area (Å²) in [6.45, 7) is 13.1. The standard InChI is InChI=1S/C43H59N9O7/c1-10-28(2)35(45-40(56)58-8)38(54)44-33(25-29-17-13-11-14-18-29)34(53)27-51(49-39(55)36(42(3,4)5)46-41(57)59-9)26-30-21-23-31(24-22-30)37-47-50-52(48-37)43(6,7)32-19-15-12-16-20-32/h11-24,28,33-36,53H,10,25-27H2,1-9H3,(H,44,54)(H,45,56)(H,46,57)(H,49,55)/t28-,33-,34-,35-,36+/m0/s1. The van der Waals surface area contributed by atoms with Crippen LogP contribution in [0.25, 0.3) is 11.4 Å². The lowest BCUT2D eigenvalue weighted by Gasteiger charge is -2.35. The summed E-state index contributed by atoms with van der Waals surface area (Å²) < 4.78 is 9.59. The number of alkyl carbamates (subject to hydrolysis) is 2. The second-order valence-electron chi connectivity index (χ2n) is 16.2. The molecule has 5 N–H and O–H groups in total. The molecule has 16 nitrogen and oxygen atoms in total. The van der Waals surface area contributed by atoms with Gasteiger partial charge in [0.05, 0.1) is 26.4 Å². The fourth-order valence-corrected chi connectivity index (χ4v) is 6.39. The van der Waals surface area contributed by atoms with Crippen LogP contribution in [0.2, 0.25) is 0 Å². The lowest BCUT2D eigenvalue weighted by Crippen LogP contribution is -2.60. The van der Waals surface area contributed by atoms with E-state index in [1.54, 1.807) is 30.6 Å². The van der Waals surface area contributed by atoms with Crippen LogP contribution in [-0.2, 0) is 37.6 Å². The molecule has 16 heteroatoms. The summed E-state index contributed by atoms with van der Waals surface area (Å²) in [6.07, 6.45) is -1.96. The van der Waals surface area contributed by atoms with Gasteiger partial charge < -0.3 is 30.5 Å². The molecule has 59 heavy (non-hydrogen) atoms. The molecule has 1 heterocycles. The first-order valence-electron chi connectivity index (χ1n) is 19.7. The first-order chi connectivity index (χ1) is 28.0. The van der Waals surface area contributed by atoms with Crippen LogP contribution < -0.4 is 21.4 Å². The van der Waals surface area contributed by atoms with E-state index in [-0.39, 0.29) is 25.4 Å². The number of nitrogens with one attached hydrogen (secondary N) is 4. The van der Waals surface area contributed by atoms with Crippen molar-refractivity contribution in [1.82, 2.24) is 46.6 Å². The van der Waals surface area contributed by atoms with Gasteiger partial charge in [-0.1, -0.05) is 126 Å². The number of methoxy groups -OCH3 is 2. The monoisotopic (exact) mass is 813 g/mol. The Kier molecular flexibility index (Phi) is 16.1. The van der Waals surface area contributed by atoms with Crippen molar-refractivity contribution in [3.63, 3.8) is 0 Å². The molecule has 0 aliphatic carbocycles. The molecule has 0 bridgehead atoms. The maximum absolute atomic E-state index is 14.0. The fourth-order valence-electron chi connectivity index (χ4n) is 6.39. The second kappa shape index (κ2) is 20.7.